The summed E-state index contributed by atoms with van der Waals surface area (Å²) < 4.78 is 0. The predicted molar refractivity (Wildman–Crippen MR) is 50.2 cm³/mol. The quantitative estimate of drug-likeness (QED) is 0.625. The van der Waals surface area contributed by atoms with E-state index in [2.05, 4.69) is 20.8 Å². The van der Waals surface area contributed by atoms with E-state index in [-0.39, 0.29) is 0 Å². The highest BCUT2D eigenvalue weighted by Crippen LogP contribution is 2.26. The molecule has 0 aromatic heterocycles. The maximum Gasteiger partial charge on any atom is 0.303 e. The highest BCUT2D eigenvalue weighted by atomic mass is 16.4. The molecule has 0 amide bonds. The second-order valence-electron chi connectivity index (χ2n) is 4.12. The molecule has 0 radical (unpaired) electrons. The molecule has 0 spiro atoms. The summed E-state index contributed by atoms with van der Waals surface area (Å²) in [6.45, 7) is 6.64. The Morgan fingerprint density at radius 3 is 2.33 bits per heavy atom. The second kappa shape index (κ2) is 5.18. The minimum Gasteiger partial charge on any atom is -0.481 e. The fraction of sp³-hybridized carbons (Fsp3) is 0.900. The predicted octanol–water partition coefficient (Wildman–Crippen LogP) is 3.07. The number of carboxylic acids is 1. The van der Waals surface area contributed by atoms with Crippen LogP contribution in [0.1, 0.15) is 52.9 Å². The first-order valence-electron chi connectivity index (χ1n) is 4.70. The molecule has 0 rings (SSSR count). The third kappa shape index (κ3) is 6.20. The molecule has 0 unspecified atom stereocenters. The molecule has 0 aliphatic heterocycles. The van der Waals surface area contributed by atoms with Crippen LogP contribution in [0.5, 0.6) is 0 Å². The molecule has 0 atom stereocenters. The summed E-state index contributed by atoms with van der Waals surface area (Å²) in [5.41, 5.74) is 0.387. The van der Waals surface area contributed by atoms with Gasteiger partial charge in [0.05, 0.1) is 0 Å². The topological polar surface area (TPSA) is 37.3 Å². The van der Waals surface area contributed by atoms with Crippen LogP contribution in [0, 0.1) is 5.41 Å². The number of hydrogen-bond donors (Lipinski definition) is 1. The van der Waals surface area contributed by atoms with Crippen LogP contribution < -0.4 is 0 Å². The van der Waals surface area contributed by atoms with Gasteiger partial charge in [0.25, 0.3) is 0 Å². The van der Waals surface area contributed by atoms with Crippen molar-refractivity contribution in [1.82, 2.24) is 0 Å². The molecule has 72 valence electrons. The molecule has 0 aliphatic carbocycles. The smallest absolute Gasteiger partial charge is 0.303 e. The number of unbranched alkanes of at least 4 members (excludes halogenated alkanes) is 1. The van der Waals surface area contributed by atoms with E-state index < -0.39 is 5.97 Å². The minimum atomic E-state index is -0.677. The van der Waals surface area contributed by atoms with Gasteiger partial charge in [0.15, 0.2) is 0 Å². The third-order valence-electron chi connectivity index (χ3n) is 2.45. The van der Waals surface area contributed by atoms with E-state index in [4.69, 9.17) is 5.11 Å². The highest BCUT2D eigenvalue weighted by Gasteiger charge is 2.13. The Labute approximate surface area is 75.0 Å². The maximum absolute atomic E-state index is 10.2. The minimum absolute atomic E-state index is 0.319. The molecule has 0 bridgehead atoms. The van der Waals surface area contributed by atoms with Crippen molar-refractivity contribution in [1.29, 1.82) is 0 Å². The van der Waals surface area contributed by atoms with Gasteiger partial charge in [0.2, 0.25) is 0 Å². The van der Waals surface area contributed by atoms with Gasteiger partial charge >= 0.3 is 5.97 Å². The van der Waals surface area contributed by atoms with Crippen LogP contribution >= 0.6 is 0 Å². The first-order valence-corrected chi connectivity index (χ1v) is 4.70. The lowest BCUT2D eigenvalue weighted by molar-refractivity contribution is -0.137. The Hall–Kier alpha value is -0.530. The summed E-state index contributed by atoms with van der Waals surface area (Å²) in [4.78, 5) is 10.2. The molecule has 0 aromatic rings. The van der Waals surface area contributed by atoms with Crippen LogP contribution in [-0.2, 0) is 4.79 Å². The van der Waals surface area contributed by atoms with Crippen molar-refractivity contribution in [2.75, 3.05) is 0 Å². The molecule has 0 aromatic carbocycles. The lowest BCUT2D eigenvalue weighted by atomic mass is 9.84. The van der Waals surface area contributed by atoms with Gasteiger partial charge < -0.3 is 5.11 Å². The van der Waals surface area contributed by atoms with E-state index in [0.717, 1.165) is 19.3 Å². The fourth-order valence-corrected chi connectivity index (χ4v) is 1.06. The van der Waals surface area contributed by atoms with Crippen molar-refractivity contribution in [2.24, 2.45) is 5.41 Å². The summed E-state index contributed by atoms with van der Waals surface area (Å²) in [5.74, 6) is -0.677. The summed E-state index contributed by atoms with van der Waals surface area (Å²) in [5, 5.41) is 8.40. The molecule has 0 aliphatic rings. The van der Waals surface area contributed by atoms with Gasteiger partial charge in [-0.1, -0.05) is 33.6 Å². The first kappa shape index (κ1) is 11.5. The fourth-order valence-electron chi connectivity index (χ4n) is 1.06. The third-order valence-corrected chi connectivity index (χ3v) is 2.45. The van der Waals surface area contributed by atoms with Gasteiger partial charge in [-0.15, -0.1) is 0 Å². The second-order valence-corrected chi connectivity index (χ2v) is 4.12. The van der Waals surface area contributed by atoms with Crippen LogP contribution in [-0.4, -0.2) is 11.1 Å². The molecule has 2 heteroatoms. The average molecular weight is 172 g/mol. The van der Waals surface area contributed by atoms with Gasteiger partial charge in [-0.3, -0.25) is 4.79 Å². The van der Waals surface area contributed by atoms with Gasteiger partial charge in [-0.05, 0) is 18.3 Å². The Morgan fingerprint density at radius 2 is 1.92 bits per heavy atom. The van der Waals surface area contributed by atoms with Gasteiger partial charge in [-0.2, -0.15) is 0 Å². The zero-order valence-corrected chi connectivity index (χ0v) is 8.39. The normalized spacial score (nSPS) is 11.6. The number of aliphatic carboxylic acids is 1. The highest BCUT2D eigenvalue weighted by molar-refractivity contribution is 5.66. The number of rotatable bonds is 6. The molecular weight excluding hydrogens is 152 g/mol. The summed E-state index contributed by atoms with van der Waals surface area (Å²) >= 11 is 0. The molecule has 12 heavy (non-hydrogen) atoms. The van der Waals surface area contributed by atoms with E-state index >= 15 is 0 Å². The van der Waals surface area contributed by atoms with Crippen LogP contribution in [0.15, 0.2) is 0 Å². The van der Waals surface area contributed by atoms with Crippen LogP contribution in [0.2, 0.25) is 0 Å². The van der Waals surface area contributed by atoms with E-state index in [1.807, 2.05) is 0 Å². The maximum atomic E-state index is 10.2. The molecule has 0 saturated carbocycles. The van der Waals surface area contributed by atoms with Crippen molar-refractivity contribution < 1.29 is 9.90 Å². The lowest BCUT2D eigenvalue weighted by Gasteiger charge is -2.21. The molecular formula is C10H20O2. The van der Waals surface area contributed by atoms with E-state index in [0.29, 0.717) is 11.8 Å². The Bertz CT molecular complexity index is 139. The van der Waals surface area contributed by atoms with E-state index in [1.165, 1.54) is 6.42 Å². The molecule has 0 saturated heterocycles. The SMILES string of the molecule is CCC(C)(C)CCCCC(=O)O. The average Bonchev–Trinajstić information content (AvgIpc) is 1.98. The zero-order chi connectivity index (χ0) is 9.61. The monoisotopic (exact) mass is 172 g/mol. The number of carbonyl (C=O) groups is 1. The number of carboxylic acid groups (broad SMARTS) is 1. The Balaban J connectivity index is 3.37. The van der Waals surface area contributed by atoms with E-state index in [1.54, 1.807) is 0 Å². The van der Waals surface area contributed by atoms with E-state index in [9.17, 15) is 4.79 Å². The first-order chi connectivity index (χ1) is 5.48. The van der Waals surface area contributed by atoms with Crippen molar-refractivity contribution >= 4 is 5.97 Å². The zero-order valence-electron chi connectivity index (χ0n) is 8.39. The molecule has 1 N–H and O–H groups in total. The molecule has 2 nitrogen and oxygen atoms in total. The molecule has 0 heterocycles. The Kier molecular flexibility index (Phi) is 4.95. The Morgan fingerprint density at radius 1 is 1.33 bits per heavy atom. The van der Waals surface area contributed by atoms with Gasteiger partial charge in [0.1, 0.15) is 0 Å². The van der Waals surface area contributed by atoms with Crippen LogP contribution in [0.3, 0.4) is 0 Å². The van der Waals surface area contributed by atoms with Crippen LogP contribution in [0.25, 0.3) is 0 Å². The van der Waals surface area contributed by atoms with Crippen LogP contribution in [0.4, 0.5) is 0 Å². The van der Waals surface area contributed by atoms with Gasteiger partial charge in [-0.25, -0.2) is 0 Å². The lowest BCUT2D eigenvalue weighted by Crippen LogP contribution is -2.09. The molecule has 0 fully saturated rings. The van der Waals surface area contributed by atoms with Crippen molar-refractivity contribution in [3.8, 4) is 0 Å². The van der Waals surface area contributed by atoms with Crippen molar-refractivity contribution in [3.05, 3.63) is 0 Å². The van der Waals surface area contributed by atoms with Crippen molar-refractivity contribution in [3.63, 3.8) is 0 Å². The summed E-state index contributed by atoms with van der Waals surface area (Å²) in [6, 6.07) is 0. The summed E-state index contributed by atoms with van der Waals surface area (Å²) in [6.07, 6.45) is 4.47. The summed E-state index contributed by atoms with van der Waals surface area (Å²) in [7, 11) is 0. The standard InChI is InChI=1S/C10H20O2/c1-4-10(2,3)8-6-5-7-9(11)12/h4-8H2,1-3H3,(H,11,12). The van der Waals surface area contributed by atoms with Gasteiger partial charge in [0, 0.05) is 6.42 Å². The largest absolute Gasteiger partial charge is 0.481 e. The van der Waals surface area contributed by atoms with Crippen molar-refractivity contribution in [2.45, 2.75) is 52.9 Å². The number of hydrogen-bond acceptors (Lipinski definition) is 1.